The van der Waals surface area contributed by atoms with Gasteiger partial charge in [-0.3, -0.25) is 9.69 Å². The molecule has 1 aliphatic rings. The first-order valence-corrected chi connectivity index (χ1v) is 9.60. The quantitative estimate of drug-likeness (QED) is 0.821. The second-order valence-corrected chi connectivity index (χ2v) is 7.33. The molecule has 0 aliphatic carbocycles. The number of hydrogen-bond donors (Lipinski definition) is 1. The van der Waals surface area contributed by atoms with Crippen molar-refractivity contribution in [3.05, 3.63) is 45.1 Å². The molecule has 0 fully saturated rings. The van der Waals surface area contributed by atoms with Crippen molar-refractivity contribution >= 4 is 0 Å². The Kier molecular flexibility index (Phi) is 6.24. The summed E-state index contributed by atoms with van der Waals surface area (Å²) in [6, 6.07) is 3.81. The van der Waals surface area contributed by atoms with E-state index < -0.39 is 0 Å². The van der Waals surface area contributed by atoms with Crippen molar-refractivity contribution in [2.45, 2.75) is 39.2 Å². The second-order valence-electron chi connectivity index (χ2n) is 7.33. The number of nitrogens with one attached hydrogen (secondary N) is 1. The third kappa shape index (κ3) is 4.14. The maximum atomic E-state index is 12.5. The van der Waals surface area contributed by atoms with Gasteiger partial charge in [-0.05, 0) is 12.5 Å². The predicted octanol–water partition coefficient (Wildman–Crippen LogP) is 2.52. The molecule has 7 heteroatoms. The van der Waals surface area contributed by atoms with Gasteiger partial charge in [0.25, 0.3) is 5.56 Å². The van der Waals surface area contributed by atoms with Gasteiger partial charge in [0.2, 0.25) is 0 Å². The fraction of sp³-hybridized carbons (Fsp3) is 0.524. The van der Waals surface area contributed by atoms with Crippen LogP contribution in [0.5, 0.6) is 17.2 Å². The normalized spacial score (nSPS) is 14.5. The highest BCUT2D eigenvalue weighted by Crippen LogP contribution is 2.35. The van der Waals surface area contributed by atoms with Crippen molar-refractivity contribution in [3.8, 4) is 17.2 Å². The Labute approximate surface area is 165 Å². The van der Waals surface area contributed by atoms with Crippen LogP contribution in [0.1, 0.15) is 42.4 Å². The largest absolute Gasteiger partial charge is 0.496 e. The lowest BCUT2D eigenvalue weighted by Crippen LogP contribution is -2.26. The Bertz CT molecular complexity index is 892. The Balaban J connectivity index is 1.82. The Morgan fingerprint density at radius 3 is 2.32 bits per heavy atom. The van der Waals surface area contributed by atoms with Crippen molar-refractivity contribution < 1.29 is 14.2 Å². The van der Waals surface area contributed by atoms with E-state index in [0.717, 1.165) is 47.9 Å². The highest BCUT2D eigenvalue weighted by molar-refractivity contribution is 5.50. The van der Waals surface area contributed by atoms with Crippen molar-refractivity contribution in [2.75, 3.05) is 34.4 Å². The summed E-state index contributed by atoms with van der Waals surface area (Å²) in [6.45, 7) is 6.40. The smallest absolute Gasteiger partial charge is 0.254 e. The van der Waals surface area contributed by atoms with E-state index in [2.05, 4.69) is 9.88 Å². The first kappa shape index (κ1) is 20.2. The van der Waals surface area contributed by atoms with E-state index in [0.29, 0.717) is 24.5 Å². The maximum absolute atomic E-state index is 12.5. The molecule has 0 radical (unpaired) electrons. The molecule has 1 aliphatic heterocycles. The summed E-state index contributed by atoms with van der Waals surface area (Å²) in [4.78, 5) is 22.5. The van der Waals surface area contributed by atoms with Crippen LogP contribution in [0, 0.1) is 0 Å². The molecule has 1 aromatic carbocycles. The number of ether oxygens (including phenoxy) is 3. The van der Waals surface area contributed by atoms with Gasteiger partial charge in [0.1, 0.15) is 11.6 Å². The van der Waals surface area contributed by atoms with Gasteiger partial charge in [-0.1, -0.05) is 13.8 Å². The highest BCUT2D eigenvalue weighted by atomic mass is 16.5. The van der Waals surface area contributed by atoms with E-state index in [9.17, 15) is 4.79 Å². The molecule has 0 spiro atoms. The molecule has 1 aromatic heterocycles. The fourth-order valence-electron chi connectivity index (χ4n) is 3.56. The molecule has 0 saturated carbocycles. The summed E-state index contributed by atoms with van der Waals surface area (Å²) in [7, 11) is 4.89. The summed E-state index contributed by atoms with van der Waals surface area (Å²) < 4.78 is 16.4. The number of hydrogen-bond acceptors (Lipinski definition) is 6. The van der Waals surface area contributed by atoms with Gasteiger partial charge < -0.3 is 19.2 Å². The summed E-state index contributed by atoms with van der Waals surface area (Å²) in [6.07, 6.45) is 1.44. The van der Waals surface area contributed by atoms with Gasteiger partial charge in [0.05, 0.1) is 27.0 Å². The van der Waals surface area contributed by atoms with E-state index in [4.69, 9.17) is 19.2 Å². The van der Waals surface area contributed by atoms with E-state index >= 15 is 0 Å². The number of benzene rings is 1. The zero-order valence-corrected chi connectivity index (χ0v) is 17.3. The average molecular weight is 387 g/mol. The van der Waals surface area contributed by atoms with Crippen LogP contribution in [0.15, 0.2) is 16.9 Å². The van der Waals surface area contributed by atoms with Crippen molar-refractivity contribution in [1.29, 1.82) is 0 Å². The molecule has 0 amide bonds. The molecule has 0 bridgehead atoms. The van der Waals surface area contributed by atoms with Crippen molar-refractivity contribution in [2.24, 2.45) is 0 Å². The molecule has 0 unspecified atom stereocenters. The van der Waals surface area contributed by atoms with Gasteiger partial charge in [0.15, 0.2) is 11.5 Å². The summed E-state index contributed by atoms with van der Waals surface area (Å²) >= 11 is 0. The summed E-state index contributed by atoms with van der Waals surface area (Å²) in [5.74, 6) is 3.05. The molecule has 2 heterocycles. The number of nitrogens with zero attached hydrogens (tertiary/aromatic N) is 2. The van der Waals surface area contributed by atoms with Gasteiger partial charge in [-0.15, -0.1) is 0 Å². The van der Waals surface area contributed by atoms with Gasteiger partial charge >= 0.3 is 0 Å². The molecular formula is C21H29N3O4. The third-order valence-corrected chi connectivity index (χ3v) is 5.19. The van der Waals surface area contributed by atoms with E-state index in [1.54, 1.807) is 21.3 Å². The molecule has 152 valence electrons. The highest BCUT2D eigenvalue weighted by Gasteiger charge is 2.21. The number of aromatic amines is 1. The van der Waals surface area contributed by atoms with Crippen LogP contribution in [0.2, 0.25) is 0 Å². The number of aromatic nitrogens is 2. The minimum Gasteiger partial charge on any atom is -0.496 e. The lowest BCUT2D eigenvalue weighted by atomic mass is 10.1. The van der Waals surface area contributed by atoms with E-state index in [-0.39, 0.29) is 11.5 Å². The topological polar surface area (TPSA) is 76.7 Å². The van der Waals surface area contributed by atoms with Gasteiger partial charge in [-0.2, -0.15) is 0 Å². The number of fused-ring (bicyclic) bond motifs is 1. The Hall–Kier alpha value is -2.54. The van der Waals surface area contributed by atoms with Crippen LogP contribution in [0.4, 0.5) is 0 Å². The van der Waals surface area contributed by atoms with E-state index in [1.165, 1.54) is 0 Å². The number of H-pyrrole nitrogens is 1. The van der Waals surface area contributed by atoms with E-state index in [1.807, 2.05) is 26.0 Å². The standard InChI is InChI=1S/C21H29N3O4/c1-13(2)20-22-16-7-9-24(8-6-15(16)21(25)23-20)12-14-10-18(27-4)19(28-5)11-17(14)26-3/h10-11,13H,6-9,12H2,1-5H3,(H,22,23,25). The molecule has 3 rings (SSSR count). The molecule has 0 atom stereocenters. The van der Waals surface area contributed by atoms with Gasteiger partial charge in [0, 0.05) is 49.2 Å². The van der Waals surface area contributed by atoms with Crippen LogP contribution in [-0.4, -0.2) is 49.3 Å². The van der Waals surface area contributed by atoms with Crippen molar-refractivity contribution in [1.82, 2.24) is 14.9 Å². The molecular weight excluding hydrogens is 358 g/mol. The second kappa shape index (κ2) is 8.65. The number of methoxy groups -OCH3 is 3. The monoisotopic (exact) mass is 387 g/mol. The Morgan fingerprint density at radius 1 is 1.04 bits per heavy atom. The SMILES string of the molecule is COc1cc(OC)c(OC)cc1CN1CCc2nc(C(C)C)[nH]c(=O)c2CC1. The fourth-order valence-corrected chi connectivity index (χ4v) is 3.56. The Morgan fingerprint density at radius 2 is 1.68 bits per heavy atom. The van der Waals surface area contributed by atoms with Crippen LogP contribution < -0.4 is 19.8 Å². The van der Waals surface area contributed by atoms with Crippen LogP contribution in [-0.2, 0) is 19.4 Å². The lowest BCUT2D eigenvalue weighted by molar-refractivity contribution is 0.271. The number of rotatable bonds is 6. The average Bonchev–Trinajstić information content (AvgIpc) is 2.90. The third-order valence-electron chi connectivity index (χ3n) is 5.19. The molecule has 0 saturated heterocycles. The zero-order chi connectivity index (χ0) is 20.3. The summed E-state index contributed by atoms with van der Waals surface area (Å²) in [5, 5.41) is 0. The minimum absolute atomic E-state index is 0.000697. The van der Waals surface area contributed by atoms with Crippen LogP contribution in [0.25, 0.3) is 0 Å². The lowest BCUT2D eigenvalue weighted by Gasteiger charge is -2.22. The predicted molar refractivity (Wildman–Crippen MR) is 108 cm³/mol. The maximum Gasteiger partial charge on any atom is 0.254 e. The molecule has 28 heavy (non-hydrogen) atoms. The molecule has 1 N–H and O–H groups in total. The van der Waals surface area contributed by atoms with Gasteiger partial charge in [-0.25, -0.2) is 4.98 Å². The van der Waals surface area contributed by atoms with Crippen LogP contribution >= 0.6 is 0 Å². The van der Waals surface area contributed by atoms with Crippen molar-refractivity contribution in [3.63, 3.8) is 0 Å². The molecule has 7 nitrogen and oxygen atoms in total. The summed E-state index contributed by atoms with van der Waals surface area (Å²) in [5.41, 5.74) is 2.76. The zero-order valence-electron chi connectivity index (χ0n) is 17.3. The first-order chi connectivity index (χ1) is 13.5. The molecule has 2 aromatic rings. The minimum atomic E-state index is -0.000697. The van der Waals surface area contributed by atoms with Crippen LogP contribution in [0.3, 0.4) is 0 Å². The first-order valence-electron chi connectivity index (χ1n) is 9.60.